The highest BCUT2D eigenvalue weighted by Crippen LogP contribution is 2.32. The molecule has 9 nitrogen and oxygen atoms in total. The van der Waals surface area contributed by atoms with Crippen molar-refractivity contribution in [3.05, 3.63) is 69.8 Å². The van der Waals surface area contributed by atoms with Crippen LogP contribution in [0.25, 0.3) is 0 Å². The van der Waals surface area contributed by atoms with Gasteiger partial charge in [0.15, 0.2) is 0 Å². The summed E-state index contributed by atoms with van der Waals surface area (Å²) >= 11 is 0. The molecule has 2 unspecified atom stereocenters. The molecule has 2 rings (SSSR count). The maximum atomic E-state index is 11.7. The fourth-order valence-corrected chi connectivity index (χ4v) is 2.31. The number of nitrogens with two attached hydrogens (primary N) is 1. The number of carbonyl (C=O) groups excluding carboxylic acids is 1. The van der Waals surface area contributed by atoms with Gasteiger partial charge in [0, 0.05) is 6.54 Å². The van der Waals surface area contributed by atoms with Crippen LogP contribution in [0.5, 0.6) is 0 Å². The van der Waals surface area contributed by atoms with Crippen LogP contribution in [0.4, 0.5) is 16.2 Å². The summed E-state index contributed by atoms with van der Waals surface area (Å²) in [6.45, 7) is -0.313. The van der Waals surface area contributed by atoms with Crippen LogP contribution in [-0.2, 0) is 11.3 Å². The van der Waals surface area contributed by atoms with Gasteiger partial charge in [0.1, 0.15) is 24.5 Å². The Labute approximate surface area is 149 Å². The van der Waals surface area contributed by atoms with Crippen LogP contribution in [0.1, 0.15) is 17.2 Å². The monoisotopic (exact) mass is 361 g/mol. The second-order valence-corrected chi connectivity index (χ2v) is 5.50. The molecule has 0 aromatic heterocycles. The van der Waals surface area contributed by atoms with Gasteiger partial charge in [0.25, 0.3) is 5.69 Å². The number of ether oxygens (including phenoxy) is 1. The minimum absolute atomic E-state index is 0.0476. The molecule has 0 aliphatic carbocycles. The highest BCUT2D eigenvalue weighted by molar-refractivity contribution is 5.67. The van der Waals surface area contributed by atoms with Gasteiger partial charge in [-0.05, 0) is 17.7 Å². The summed E-state index contributed by atoms with van der Waals surface area (Å²) in [6.07, 6.45) is -3.88. The third-order valence-corrected chi connectivity index (χ3v) is 3.63. The average Bonchev–Trinajstić information content (AvgIpc) is 2.64. The zero-order chi connectivity index (χ0) is 19.1. The van der Waals surface area contributed by atoms with Gasteiger partial charge in [-0.15, -0.1) is 0 Å². The molecule has 9 heteroatoms. The Morgan fingerprint density at radius 3 is 2.54 bits per heavy atom. The van der Waals surface area contributed by atoms with E-state index in [2.05, 4.69) is 5.32 Å². The number of aliphatic hydroxyl groups excluding tert-OH is 2. The van der Waals surface area contributed by atoms with Crippen molar-refractivity contribution >= 4 is 17.5 Å². The predicted molar refractivity (Wildman–Crippen MR) is 93.1 cm³/mol. The van der Waals surface area contributed by atoms with E-state index < -0.39 is 28.9 Å². The molecule has 0 aliphatic rings. The fraction of sp³-hybridized carbons (Fsp3) is 0.235. The van der Waals surface area contributed by atoms with Crippen LogP contribution in [0.2, 0.25) is 0 Å². The molecule has 0 saturated heterocycles. The smallest absolute Gasteiger partial charge is 0.407 e. The Morgan fingerprint density at radius 2 is 1.88 bits per heavy atom. The quantitative estimate of drug-likeness (QED) is 0.332. The summed E-state index contributed by atoms with van der Waals surface area (Å²) in [7, 11) is 0. The molecule has 0 saturated carbocycles. The van der Waals surface area contributed by atoms with E-state index in [1.165, 1.54) is 18.2 Å². The van der Waals surface area contributed by atoms with Crippen LogP contribution in [0.3, 0.4) is 0 Å². The normalized spacial score (nSPS) is 12.8. The molecule has 0 bridgehead atoms. The lowest BCUT2D eigenvalue weighted by Gasteiger charge is -2.19. The van der Waals surface area contributed by atoms with Crippen molar-refractivity contribution in [2.75, 3.05) is 12.3 Å². The number of nitro benzene ring substituents is 1. The molecule has 26 heavy (non-hydrogen) atoms. The second-order valence-electron chi connectivity index (χ2n) is 5.50. The molecular formula is C17H19N3O6. The number of aliphatic hydroxyl groups is 2. The molecular weight excluding hydrogens is 342 g/mol. The van der Waals surface area contributed by atoms with Gasteiger partial charge in [0.05, 0.1) is 10.5 Å². The Balaban J connectivity index is 1.91. The van der Waals surface area contributed by atoms with Crippen molar-refractivity contribution in [3.8, 4) is 0 Å². The van der Waals surface area contributed by atoms with Gasteiger partial charge in [0.2, 0.25) is 0 Å². The van der Waals surface area contributed by atoms with E-state index in [-0.39, 0.29) is 24.4 Å². The van der Waals surface area contributed by atoms with E-state index in [0.29, 0.717) is 0 Å². The summed E-state index contributed by atoms with van der Waals surface area (Å²) in [5, 5.41) is 33.6. The standard InChI is InChI=1S/C17H19N3O6/c18-13-8-4-7-12(15(13)20(24)25)16(22)14(21)9-19-17(23)26-10-11-5-2-1-3-6-11/h1-8,14,16,21-22H,9-10,18H2,(H,19,23). The lowest BCUT2D eigenvalue weighted by Crippen LogP contribution is -2.36. The van der Waals surface area contributed by atoms with Crippen LogP contribution >= 0.6 is 0 Å². The Hall–Kier alpha value is -3.17. The van der Waals surface area contributed by atoms with E-state index in [1.54, 1.807) is 24.3 Å². The Kier molecular flexibility index (Phi) is 6.48. The van der Waals surface area contributed by atoms with Crippen LogP contribution < -0.4 is 11.1 Å². The summed E-state index contributed by atoms with van der Waals surface area (Å²) in [4.78, 5) is 22.0. The molecule has 2 atom stereocenters. The highest BCUT2D eigenvalue weighted by atomic mass is 16.6. The first kappa shape index (κ1) is 19.2. The summed E-state index contributed by atoms with van der Waals surface area (Å²) in [5.41, 5.74) is 5.60. The topological polar surface area (TPSA) is 148 Å². The van der Waals surface area contributed by atoms with Crippen molar-refractivity contribution in [2.45, 2.75) is 18.8 Å². The summed E-state index contributed by atoms with van der Waals surface area (Å²) < 4.78 is 4.97. The molecule has 1 amide bonds. The number of alkyl carbamates (subject to hydrolysis) is 1. The number of nitro groups is 1. The number of hydrogen-bond acceptors (Lipinski definition) is 7. The molecule has 0 fully saturated rings. The third-order valence-electron chi connectivity index (χ3n) is 3.63. The molecule has 0 heterocycles. The van der Waals surface area contributed by atoms with Gasteiger partial charge in [-0.25, -0.2) is 4.79 Å². The van der Waals surface area contributed by atoms with Crippen LogP contribution in [-0.4, -0.2) is 33.9 Å². The van der Waals surface area contributed by atoms with E-state index in [9.17, 15) is 25.1 Å². The van der Waals surface area contributed by atoms with Crippen molar-refractivity contribution in [3.63, 3.8) is 0 Å². The zero-order valence-corrected chi connectivity index (χ0v) is 13.7. The summed E-state index contributed by atoms with van der Waals surface area (Å²) in [6, 6.07) is 13.0. The van der Waals surface area contributed by atoms with Gasteiger partial charge in [-0.2, -0.15) is 0 Å². The first-order chi connectivity index (χ1) is 12.4. The number of amides is 1. The molecule has 2 aromatic rings. The number of benzene rings is 2. The van der Waals surface area contributed by atoms with Crippen LogP contribution in [0, 0.1) is 10.1 Å². The van der Waals surface area contributed by atoms with Crippen molar-refractivity contribution < 1.29 is 24.7 Å². The lowest BCUT2D eigenvalue weighted by molar-refractivity contribution is -0.385. The Morgan fingerprint density at radius 1 is 1.19 bits per heavy atom. The van der Waals surface area contributed by atoms with E-state index in [1.807, 2.05) is 6.07 Å². The maximum Gasteiger partial charge on any atom is 0.407 e. The first-order valence-corrected chi connectivity index (χ1v) is 7.73. The van der Waals surface area contributed by atoms with E-state index in [4.69, 9.17) is 10.5 Å². The van der Waals surface area contributed by atoms with Crippen molar-refractivity contribution in [1.82, 2.24) is 5.32 Å². The molecule has 0 radical (unpaired) electrons. The second kappa shape index (κ2) is 8.79. The fourth-order valence-electron chi connectivity index (χ4n) is 2.31. The first-order valence-electron chi connectivity index (χ1n) is 7.73. The minimum Gasteiger partial charge on any atom is -0.445 e. The van der Waals surface area contributed by atoms with Gasteiger partial charge in [-0.3, -0.25) is 10.1 Å². The van der Waals surface area contributed by atoms with Crippen molar-refractivity contribution in [1.29, 1.82) is 0 Å². The predicted octanol–water partition coefficient (Wildman–Crippen LogP) is 1.50. The number of rotatable bonds is 7. The SMILES string of the molecule is Nc1cccc(C(O)C(O)CNC(=O)OCc2ccccc2)c1[N+](=O)[O-]. The number of carbonyl (C=O) groups is 1. The van der Waals surface area contributed by atoms with E-state index in [0.717, 1.165) is 5.56 Å². The zero-order valence-electron chi connectivity index (χ0n) is 13.7. The lowest BCUT2D eigenvalue weighted by atomic mass is 10.0. The largest absolute Gasteiger partial charge is 0.445 e. The number of nitrogen functional groups attached to an aromatic ring is 1. The maximum absolute atomic E-state index is 11.7. The number of para-hydroxylation sites is 1. The minimum atomic E-state index is -1.60. The third kappa shape index (κ3) is 4.91. The molecule has 0 spiro atoms. The number of nitrogens with one attached hydrogen (secondary N) is 1. The van der Waals surface area contributed by atoms with Gasteiger partial charge < -0.3 is 26.0 Å². The number of nitrogens with zero attached hydrogens (tertiary/aromatic N) is 1. The number of anilines is 1. The molecule has 5 N–H and O–H groups in total. The summed E-state index contributed by atoms with van der Waals surface area (Å²) in [5.74, 6) is 0. The van der Waals surface area contributed by atoms with Gasteiger partial charge in [-0.1, -0.05) is 36.4 Å². The molecule has 2 aromatic carbocycles. The number of hydrogen-bond donors (Lipinski definition) is 4. The molecule has 0 aliphatic heterocycles. The van der Waals surface area contributed by atoms with Gasteiger partial charge >= 0.3 is 6.09 Å². The highest BCUT2D eigenvalue weighted by Gasteiger charge is 2.28. The van der Waals surface area contributed by atoms with E-state index >= 15 is 0 Å². The molecule has 138 valence electrons. The van der Waals surface area contributed by atoms with Crippen molar-refractivity contribution in [2.24, 2.45) is 0 Å². The average molecular weight is 361 g/mol. The Bertz CT molecular complexity index is 768. The van der Waals surface area contributed by atoms with Crippen LogP contribution in [0.15, 0.2) is 48.5 Å².